The summed E-state index contributed by atoms with van der Waals surface area (Å²) < 4.78 is 10.7. The molecule has 4 heteroatoms. The van der Waals surface area contributed by atoms with E-state index in [1.165, 1.54) is 0 Å². The topological polar surface area (TPSA) is 18.5 Å². The minimum atomic E-state index is -0.0361. The van der Waals surface area contributed by atoms with Crippen LogP contribution in [0.2, 0.25) is 5.02 Å². The summed E-state index contributed by atoms with van der Waals surface area (Å²) in [5, 5.41) is 0.644. The van der Waals surface area contributed by atoms with E-state index in [4.69, 9.17) is 32.7 Å². The SMILES string of the molecule is CCOC1CC(CC(Cl)c2ccc(OC)cc2Cl)C1. The number of alkyl halides is 1. The maximum Gasteiger partial charge on any atom is 0.120 e. The Labute approximate surface area is 125 Å². The molecular weight excluding hydrogens is 283 g/mol. The fraction of sp³-hybridized carbons (Fsp3) is 0.600. The number of methoxy groups -OCH3 is 1. The van der Waals surface area contributed by atoms with Crippen molar-refractivity contribution in [2.45, 2.75) is 37.7 Å². The fourth-order valence-electron chi connectivity index (χ4n) is 2.55. The van der Waals surface area contributed by atoms with Crippen LogP contribution >= 0.6 is 23.2 Å². The molecule has 0 radical (unpaired) electrons. The van der Waals surface area contributed by atoms with Crippen LogP contribution in [0.15, 0.2) is 18.2 Å². The zero-order valence-corrected chi connectivity index (χ0v) is 12.9. The van der Waals surface area contributed by atoms with Crippen LogP contribution < -0.4 is 4.74 Å². The molecule has 1 aromatic rings. The Hall–Kier alpha value is -0.440. The van der Waals surface area contributed by atoms with Crippen LogP contribution in [-0.4, -0.2) is 19.8 Å². The average Bonchev–Trinajstić information content (AvgIpc) is 2.35. The van der Waals surface area contributed by atoms with Gasteiger partial charge in [-0.05, 0) is 49.8 Å². The molecule has 1 atom stereocenters. The van der Waals surface area contributed by atoms with Crippen molar-refractivity contribution in [1.82, 2.24) is 0 Å². The second kappa shape index (κ2) is 6.83. The predicted octanol–water partition coefficient (Wildman–Crippen LogP) is 4.83. The largest absolute Gasteiger partial charge is 0.497 e. The average molecular weight is 303 g/mol. The molecule has 106 valence electrons. The van der Waals surface area contributed by atoms with Crippen LogP contribution in [0.1, 0.15) is 37.1 Å². The van der Waals surface area contributed by atoms with Gasteiger partial charge in [0.05, 0.1) is 18.6 Å². The van der Waals surface area contributed by atoms with Crippen LogP contribution in [-0.2, 0) is 4.74 Å². The third-order valence-corrected chi connectivity index (χ3v) is 4.42. The Bertz CT molecular complexity index is 417. The lowest BCUT2D eigenvalue weighted by atomic mass is 9.78. The Morgan fingerprint density at radius 2 is 2.11 bits per heavy atom. The van der Waals surface area contributed by atoms with Gasteiger partial charge >= 0.3 is 0 Å². The Morgan fingerprint density at radius 3 is 2.68 bits per heavy atom. The summed E-state index contributed by atoms with van der Waals surface area (Å²) in [5.74, 6) is 1.41. The maximum absolute atomic E-state index is 6.47. The zero-order valence-electron chi connectivity index (χ0n) is 11.4. The lowest BCUT2D eigenvalue weighted by Gasteiger charge is -2.36. The number of hydrogen-bond donors (Lipinski definition) is 0. The van der Waals surface area contributed by atoms with E-state index in [1.54, 1.807) is 7.11 Å². The van der Waals surface area contributed by atoms with Gasteiger partial charge in [-0.1, -0.05) is 17.7 Å². The van der Waals surface area contributed by atoms with E-state index in [-0.39, 0.29) is 5.38 Å². The summed E-state index contributed by atoms with van der Waals surface area (Å²) in [6.07, 6.45) is 3.62. The Balaban J connectivity index is 1.88. The molecule has 2 nitrogen and oxygen atoms in total. The van der Waals surface area contributed by atoms with Crippen molar-refractivity contribution < 1.29 is 9.47 Å². The molecule has 0 N–H and O–H groups in total. The summed E-state index contributed by atoms with van der Waals surface area (Å²) in [6, 6.07) is 5.67. The fourth-order valence-corrected chi connectivity index (χ4v) is 3.35. The molecule has 1 saturated carbocycles. The van der Waals surface area contributed by atoms with Crippen molar-refractivity contribution in [3.8, 4) is 5.75 Å². The van der Waals surface area contributed by atoms with Crippen molar-refractivity contribution in [2.75, 3.05) is 13.7 Å². The second-order valence-corrected chi connectivity index (χ2v) is 5.94. The highest BCUT2D eigenvalue weighted by Crippen LogP contribution is 2.41. The van der Waals surface area contributed by atoms with E-state index in [9.17, 15) is 0 Å². The van der Waals surface area contributed by atoms with E-state index in [0.717, 1.165) is 37.2 Å². The minimum Gasteiger partial charge on any atom is -0.497 e. The molecule has 1 aliphatic carbocycles. The first kappa shape index (κ1) is 15.0. The molecule has 0 amide bonds. The summed E-state index contributed by atoms with van der Waals surface area (Å²) in [5.41, 5.74) is 0.990. The highest BCUT2D eigenvalue weighted by Gasteiger charge is 2.31. The van der Waals surface area contributed by atoms with Gasteiger partial charge in [0.2, 0.25) is 0 Å². The molecule has 0 spiro atoms. The Morgan fingerprint density at radius 1 is 1.37 bits per heavy atom. The van der Waals surface area contributed by atoms with Crippen molar-refractivity contribution in [3.05, 3.63) is 28.8 Å². The molecule has 1 aliphatic rings. The standard InChI is InChI=1S/C15H20Cl2O2/c1-3-19-12-6-10(7-12)8-14(16)13-5-4-11(18-2)9-15(13)17/h4-5,9-10,12,14H,3,6-8H2,1-2H3. The van der Waals surface area contributed by atoms with Crippen molar-refractivity contribution in [3.63, 3.8) is 0 Å². The minimum absolute atomic E-state index is 0.0361. The smallest absolute Gasteiger partial charge is 0.120 e. The van der Waals surface area contributed by atoms with Crippen molar-refractivity contribution in [1.29, 1.82) is 0 Å². The summed E-state index contributed by atoms with van der Waals surface area (Å²) >= 11 is 12.7. The monoisotopic (exact) mass is 302 g/mol. The number of hydrogen-bond acceptors (Lipinski definition) is 2. The molecule has 1 aromatic carbocycles. The van der Waals surface area contributed by atoms with Crippen LogP contribution in [0.3, 0.4) is 0 Å². The van der Waals surface area contributed by atoms with Gasteiger partial charge in [-0.3, -0.25) is 0 Å². The molecule has 0 aliphatic heterocycles. The normalized spacial score (nSPS) is 23.8. The highest BCUT2D eigenvalue weighted by molar-refractivity contribution is 6.32. The van der Waals surface area contributed by atoms with Gasteiger partial charge < -0.3 is 9.47 Å². The van der Waals surface area contributed by atoms with Crippen molar-refractivity contribution >= 4 is 23.2 Å². The van der Waals surface area contributed by atoms with E-state index in [1.807, 2.05) is 25.1 Å². The van der Waals surface area contributed by atoms with Gasteiger partial charge in [0.25, 0.3) is 0 Å². The van der Waals surface area contributed by atoms with Gasteiger partial charge in [0.1, 0.15) is 5.75 Å². The molecule has 0 aromatic heterocycles. The van der Waals surface area contributed by atoms with Gasteiger partial charge in [0, 0.05) is 11.6 Å². The Kier molecular flexibility index (Phi) is 5.37. The molecule has 0 bridgehead atoms. The molecule has 0 saturated heterocycles. The lowest BCUT2D eigenvalue weighted by molar-refractivity contribution is -0.0267. The van der Waals surface area contributed by atoms with Gasteiger partial charge in [0.15, 0.2) is 0 Å². The lowest BCUT2D eigenvalue weighted by Crippen LogP contribution is -2.31. The number of benzene rings is 1. The van der Waals surface area contributed by atoms with Gasteiger partial charge in [-0.25, -0.2) is 0 Å². The van der Waals surface area contributed by atoms with Crippen molar-refractivity contribution in [2.24, 2.45) is 5.92 Å². The van der Waals surface area contributed by atoms with Crippen LogP contribution in [0.4, 0.5) is 0 Å². The maximum atomic E-state index is 6.47. The first-order valence-corrected chi connectivity index (χ1v) is 7.54. The van der Waals surface area contributed by atoms with Gasteiger partial charge in [-0.2, -0.15) is 0 Å². The van der Waals surface area contributed by atoms with E-state index in [2.05, 4.69) is 0 Å². The van der Waals surface area contributed by atoms with E-state index < -0.39 is 0 Å². The molecule has 1 unspecified atom stereocenters. The third kappa shape index (κ3) is 3.77. The molecular formula is C15H20Cl2O2. The molecule has 19 heavy (non-hydrogen) atoms. The number of ether oxygens (including phenoxy) is 2. The number of rotatable bonds is 6. The van der Waals surface area contributed by atoms with E-state index >= 15 is 0 Å². The predicted molar refractivity (Wildman–Crippen MR) is 79.4 cm³/mol. The van der Waals surface area contributed by atoms with Crippen LogP contribution in [0.25, 0.3) is 0 Å². The summed E-state index contributed by atoms with van der Waals surface area (Å²) in [4.78, 5) is 0. The van der Waals surface area contributed by atoms with Gasteiger partial charge in [-0.15, -0.1) is 11.6 Å². The third-order valence-electron chi connectivity index (χ3n) is 3.68. The summed E-state index contributed by atoms with van der Waals surface area (Å²) in [7, 11) is 1.63. The first-order valence-electron chi connectivity index (χ1n) is 6.73. The number of halogens is 2. The highest BCUT2D eigenvalue weighted by atomic mass is 35.5. The molecule has 2 rings (SSSR count). The molecule has 0 heterocycles. The summed E-state index contributed by atoms with van der Waals surface area (Å²) in [6.45, 7) is 2.83. The van der Waals surface area contributed by atoms with E-state index in [0.29, 0.717) is 17.0 Å². The van der Waals surface area contributed by atoms with Crippen LogP contribution in [0.5, 0.6) is 5.75 Å². The van der Waals surface area contributed by atoms with Crippen LogP contribution in [0, 0.1) is 5.92 Å². The second-order valence-electron chi connectivity index (χ2n) is 5.01. The first-order chi connectivity index (χ1) is 9.13. The molecule has 1 fully saturated rings. The zero-order chi connectivity index (χ0) is 13.8. The quantitative estimate of drug-likeness (QED) is 0.701.